The van der Waals surface area contributed by atoms with Gasteiger partial charge in [0.2, 0.25) is 10.0 Å². The van der Waals surface area contributed by atoms with Crippen molar-refractivity contribution in [2.24, 2.45) is 0 Å². The molecule has 6 nitrogen and oxygen atoms in total. The molecule has 4 aromatic rings. The van der Waals surface area contributed by atoms with Crippen molar-refractivity contribution in [2.75, 3.05) is 31.1 Å². The average Bonchev–Trinajstić information content (AvgIpc) is 2.89. The van der Waals surface area contributed by atoms with Crippen molar-refractivity contribution >= 4 is 26.6 Å². The van der Waals surface area contributed by atoms with Crippen LogP contribution in [0.2, 0.25) is 0 Å². The lowest BCUT2D eigenvalue weighted by Crippen LogP contribution is -2.49. The number of piperazine rings is 1. The normalized spacial score (nSPS) is 14.9. The highest BCUT2D eigenvalue weighted by Crippen LogP contribution is 2.28. The Labute approximate surface area is 211 Å². The zero-order chi connectivity index (χ0) is 25.3. The van der Waals surface area contributed by atoms with Gasteiger partial charge in [-0.15, -0.1) is 0 Å². The minimum Gasteiger partial charge on any atom is -0.354 e. The largest absolute Gasteiger partial charge is 0.354 e. The molecule has 0 N–H and O–H groups in total. The Morgan fingerprint density at radius 2 is 1.64 bits per heavy atom. The van der Waals surface area contributed by atoms with E-state index in [0.29, 0.717) is 43.3 Å². The van der Waals surface area contributed by atoms with E-state index in [1.165, 1.54) is 12.1 Å². The second-order valence-electron chi connectivity index (χ2n) is 9.08. The first-order valence-corrected chi connectivity index (χ1v) is 13.6. The minimum atomic E-state index is -3.61. The highest BCUT2D eigenvalue weighted by atomic mass is 32.2. The first kappa shape index (κ1) is 24.3. The van der Waals surface area contributed by atoms with E-state index in [9.17, 15) is 12.8 Å². The summed E-state index contributed by atoms with van der Waals surface area (Å²) in [5, 5.41) is 1.92. The Bertz CT molecular complexity index is 1520. The van der Waals surface area contributed by atoms with Gasteiger partial charge < -0.3 is 4.90 Å². The Morgan fingerprint density at radius 1 is 0.889 bits per heavy atom. The fourth-order valence-electron chi connectivity index (χ4n) is 4.84. The SMILES string of the molecule is CCc1nc(C)nc(N2CCN(S(=O)(=O)c3ccc4ccccc4c3)CC2)c1Cc1cccc(F)c1. The highest BCUT2D eigenvalue weighted by molar-refractivity contribution is 7.89. The number of hydrogen-bond acceptors (Lipinski definition) is 5. The Hall–Kier alpha value is -3.36. The van der Waals surface area contributed by atoms with Gasteiger partial charge in [0, 0.05) is 43.9 Å². The van der Waals surface area contributed by atoms with E-state index >= 15 is 0 Å². The molecule has 1 aliphatic heterocycles. The number of halogens is 1. The summed E-state index contributed by atoms with van der Waals surface area (Å²) in [5.74, 6) is 1.22. The van der Waals surface area contributed by atoms with Crippen molar-refractivity contribution in [3.63, 3.8) is 0 Å². The monoisotopic (exact) mass is 504 g/mol. The molecule has 0 atom stereocenters. The quantitative estimate of drug-likeness (QED) is 0.379. The van der Waals surface area contributed by atoms with Crippen LogP contribution in [0, 0.1) is 12.7 Å². The maximum absolute atomic E-state index is 13.8. The predicted octanol–water partition coefficient (Wildman–Crippen LogP) is 4.74. The molecule has 8 heteroatoms. The molecule has 0 saturated carbocycles. The van der Waals surface area contributed by atoms with Gasteiger partial charge in [0.15, 0.2) is 0 Å². The van der Waals surface area contributed by atoms with Crippen LogP contribution in [0.3, 0.4) is 0 Å². The van der Waals surface area contributed by atoms with Crippen molar-refractivity contribution in [3.05, 3.63) is 95.2 Å². The van der Waals surface area contributed by atoms with Crippen LogP contribution in [0.4, 0.5) is 10.2 Å². The van der Waals surface area contributed by atoms with Crippen molar-refractivity contribution in [1.82, 2.24) is 14.3 Å². The highest BCUT2D eigenvalue weighted by Gasteiger charge is 2.30. The summed E-state index contributed by atoms with van der Waals surface area (Å²) >= 11 is 0. The first-order valence-electron chi connectivity index (χ1n) is 12.2. The van der Waals surface area contributed by atoms with Crippen LogP contribution in [0.25, 0.3) is 10.8 Å². The van der Waals surface area contributed by atoms with E-state index in [1.807, 2.05) is 43.3 Å². The molecule has 3 aromatic carbocycles. The van der Waals surface area contributed by atoms with Gasteiger partial charge >= 0.3 is 0 Å². The van der Waals surface area contributed by atoms with Gasteiger partial charge in [0.1, 0.15) is 17.5 Å². The molecule has 1 aliphatic rings. The van der Waals surface area contributed by atoms with Gasteiger partial charge in [-0.05, 0) is 53.9 Å². The van der Waals surface area contributed by atoms with E-state index in [-0.39, 0.29) is 5.82 Å². The van der Waals surface area contributed by atoms with Gasteiger partial charge in [-0.3, -0.25) is 0 Å². The summed E-state index contributed by atoms with van der Waals surface area (Å²) in [5.41, 5.74) is 2.77. The van der Waals surface area contributed by atoms with Crippen LogP contribution in [0.15, 0.2) is 71.6 Å². The van der Waals surface area contributed by atoms with Gasteiger partial charge in [0.25, 0.3) is 0 Å². The molecule has 0 spiro atoms. The number of anilines is 1. The van der Waals surface area contributed by atoms with Crippen molar-refractivity contribution < 1.29 is 12.8 Å². The number of sulfonamides is 1. The predicted molar refractivity (Wildman–Crippen MR) is 140 cm³/mol. The Balaban J connectivity index is 1.40. The van der Waals surface area contributed by atoms with E-state index in [2.05, 4.69) is 16.8 Å². The van der Waals surface area contributed by atoms with Crippen LogP contribution in [0.1, 0.15) is 29.6 Å². The summed E-state index contributed by atoms with van der Waals surface area (Å²) in [6, 6.07) is 19.6. The molecular weight excluding hydrogens is 475 g/mol. The molecule has 0 aliphatic carbocycles. The van der Waals surface area contributed by atoms with Crippen LogP contribution >= 0.6 is 0 Å². The molecule has 186 valence electrons. The number of fused-ring (bicyclic) bond motifs is 1. The third-order valence-electron chi connectivity index (χ3n) is 6.68. The lowest BCUT2D eigenvalue weighted by molar-refractivity contribution is 0.383. The second kappa shape index (κ2) is 9.95. The number of aryl methyl sites for hydroxylation is 2. The van der Waals surface area contributed by atoms with Gasteiger partial charge in [0.05, 0.1) is 4.90 Å². The fourth-order valence-corrected chi connectivity index (χ4v) is 6.30. The van der Waals surface area contributed by atoms with Crippen molar-refractivity contribution in [3.8, 4) is 0 Å². The third kappa shape index (κ3) is 4.83. The lowest BCUT2D eigenvalue weighted by Gasteiger charge is -2.36. The Morgan fingerprint density at radius 3 is 2.36 bits per heavy atom. The maximum atomic E-state index is 13.8. The topological polar surface area (TPSA) is 66.4 Å². The van der Waals surface area contributed by atoms with Crippen LogP contribution in [-0.4, -0.2) is 48.9 Å². The van der Waals surface area contributed by atoms with Crippen molar-refractivity contribution in [1.29, 1.82) is 0 Å². The zero-order valence-corrected chi connectivity index (χ0v) is 21.3. The zero-order valence-electron chi connectivity index (χ0n) is 20.5. The number of hydrogen-bond donors (Lipinski definition) is 0. The summed E-state index contributed by atoms with van der Waals surface area (Å²) in [4.78, 5) is 11.8. The van der Waals surface area contributed by atoms with E-state index < -0.39 is 10.0 Å². The maximum Gasteiger partial charge on any atom is 0.243 e. The summed E-state index contributed by atoms with van der Waals surface area (Å²) in [7, 11) is -3.61. The third-order valence-corrected chi connectivity index (χ3v) is 8.58. The molecule has 1 saturated heterocycles. The summed E-state index contributed by atoms with van der Waals surface area (Å²) in [6.45, 7) is 5.67. The minimum absolute atomic E-state index is 0.271. The van der Waals surface area contributed by atoms with E-state index in [4.69, 9.17) is 4.98 Å². The summed E-state index contributed by atoms with van der Waals surface area (Å²) in [6.07, 6.45) is 1.25. The standard InChI is InChI=1S/C28H29FN4O2S/c1-3-27-26(18-21-7-6-10-24(29)17-21)28(31-20(2)30-27)32-13-15-33(16-14-32)36(34,35)25-12-11-22-8-4-5-9-23(22)19-25/h4-12,17,19H,3,13-16,18H2,1-2H3. The van der Waals surface area contributed by atoms with E-state index in [0.717, 1.165) is 39.8 Å². The molecule has 0 unspecified atom stereocenters. The molecule has 1 fully saturated rings. The van der Waals surface area contributed by atoms with Crippen LogP contribution in [-0.2, 0) is 22.9 Å². The number of nitrogens with zero attached hydrogens (tertiary/aromatic N) is 4. The fraction of sp³-hybridized carbons (Fsp3) is 0.286. The van der Waals surface area contributed by atoms with Gasteiger partial charge in [-0.1, -0.05) is 49.4 Å². The van der Waals surface area contributed by atoms with Crippen molar-refractivity contribution in [2.45, 2.75) is 31.6 Å². The molecule has 36 heavy (non-hydrogen) atoms. The number of rotatable bonds is 6. The first-order chi connectivity index (χ1) is 17.3. The number of aromatic nitrogens is 2. The molecule has 0 radical (unpaired) electrons. The number of benzene rings is 3. The molecule has 5 rings (SSSR count). The molecular formula is C28H29FN4O2S. The molecule has 1 aromatic heterocycles. The molecule has 2 heterocycles. The van der Waals surface area contributed by atoms with Gasteiger partial charge in [-0.25, -0.2) is 22.8 Å². The van der Waals surface area contributed by atoms with E-state index in [1.54, 1.807) is 22.5 Å². The molecule has 0 amide bonds. The average molecular weight is 505 g/mol. The van der Waals surface area contributed by atoms with Crippen LogP contribution < -0.4 is 4.90 Å². The lowest BCUT2D eigenvalue weighted by atomic mass is 10.0. The van der Waals surface area contributed by atoms with Crippen LogP contribution in [0.5, 0.6) is 0 Å². The Kier molecular flexibility index (Phi) is 6.73. The second-order valence-corrected chi connectivity index (χ2v) is 11.0. The van der Waals surface area contributed by atoms with Gasteiger partial charge in [-0.2, -0.15) is 4.31 Å². The molecule has 0 bridgehead atoms. The summed E-state index contributed by atoms with van der Waals surface area (Å²) < 4.78 is 42.2. The smallest absolute Gasteiger partial charge is 0.243 e.